The van der Waals surface area contributed by atoms with E-state index in [9.17, 15) is 14.7 Å². The number of hydrogen-bond donors (Lipinski definition) is 1. The van der Waals surface area contributed by atoms with E-state index in [1.807, 2.05) is 63.2 Å². The van der Waals surface area contributed by atoms with Gasteiger partial charge in [-0.25, -0.2) is 0 Å². The lowest BCUT2D eigenvalue weighted by Gasteiger charge is -2.27. The van der Waals surface area contributed by atoms with Gasteiger partial charge in [-0.3, -0.25) is 9.59 Å². The zero-order valence-corrected chi connectivity index (χ0v) is 21.3. The molecule has 1 N–H and O–H groups in total. The van der Waals surface area contributed by atoms with Gasteiger partial charge in [0.15, 0.2) is 11.5 Å². The van der Waals surface area contributed by atoms with E-state index in [1.54, 1.807) is 12.1 Å². The number of ketones is 1. The minimum Gasteiger partial charge on any atom is -0.507 e. The molecule has 0 aliphatic carbocycles. The van der Waals surface area contributed by atoms with E-state index in [1.165, 1.54) is 4.90 Å². The molecule has 0 spiro atoms. The van der Waals surface area contributed by atoms with Crippen molar-refractivity contribution in [3.63, 3.8) is 0 Å². The van der Waals surface area contributed by atoms with Crippen LogP contribution in [-0.4, -0.2) is 67.0 Å². The van der Waals surface area contributed by atoms with Crippen molar-refractivity contribution >= 4 is 17.4 Å². The summed E-state index contributed by atoms with van der Waals surface area (Å²) in [7, 11) is 3.82. The monoisotopic (exact) mass is 480 g/mol. The lowest BCUT2D eigenvalue weighted by molar-refractivity contribution is -0.140. The number of likely N-dealkylation sites (N-methyl/N-ethyl adjacent to an activating group) is 1. The molecule has 3 rings (SSSR count). The van der Waals surface area contributed by atoms with Crippen LogP contribution in [0.1, 0.15) is 49.4 Å². The average Bonchev–Trinajstić information content (AvgIpc) is 3.08. The highest BCUT2D eigenvalue weighted by Gasteiger charge is 2.46. The van der Waals surface area contributed by atoms with Crippen LogP contribution >= 0.6 is 0 Å². The maximum Gasteiger partial charge on any atom is 0.295 e. The first kappa shape index (κ1) is 26.3. The fourth-order valence-electron chi connectivity index (χ4n) is 4.04. The van der Waals surface area contributed by atoms with Gasteiger partial charge in [0.25, 0.3) is 11.7 Å². The quantitative estimate of drug-likeness (QED) is 0.220. The Bertz CT molecular complexity index is 1080. The number of benzene rings is 2. The number of likely N-dealkylation sites (tertiary alicyclic amines) is 1. The second kappa shape index (κ2) is 11.9. The lowest BCUT2D eigenvalue weighted by atomic mass is 9.94. The summed E-state index contributed by atoms with van der Waals surface area (Å²) in [4.78, 5) is 29.8. The maximum atomic E-state index is 13.2. The highest BCUT2D eigenvalue weighted by Crippen LogP contribution is 2.42. The molecule has 7 nitrogen and oxygen atoms in total. The van der Waals surface area contributed by atoms with Crippen LogP contribution in [0.15, 0.2) is 48.0 Å². The Labute approximate surface area is 207 Å². The molecule has 188 valence electrons. The molecule has 1 saturated heterocycles. The van der Waals surface area contributed by atoms with Gasteiger partial charge in [0, 0.05) is 18.7 Å². The summed E-state index contributed by atoms with van der Waals surface area (Å²) in [5.41, 5.74) is 2.29. The zero-order valence-electron chi connectivity index (χ0n) is 21.3. The summed E-state index contributed by atoms with van der Waals surface area (Å²) in [6, 6.07) is 12.0. The van der Waals surface area contributed by atoms with Crippen molar-refractivity contribution in [1.29, 1.82) is 0 Å². The third kappa shape index (κ3) is 6.03. The Balaban J connectivity index is 2.12. The van der Waals surface area contributed by atoms with E-state index in [-0.39, 0.29) is 11.3 Å². The first-order chi connectivity index (χ1) is 16.8. The number of unbranched alkanes of at least 4 members (excludes halogenated alkanes) is 1. The Morgan fingerprint density at radius 1 is 1.03 bits per heavy atom. The van der Waals surface area contributed by atoms with Crippen molar-refractivity contribution in [2.75, 3.05) is 40.4 Å². The van der Waals surface area contributed by atoms with E-state index in [0.29, 0.717) is 48.9 Å². The Kier molecular flexibility index (Phi) is 8.93. The number of carbonyl (C=O) groups is 2. The van der Waals surface area contributed by atoms with Crippen LogP contribution in [0.4, 0.5) is 0 Å². The van der Waals surface area contributed by atoms with Crippen LogP contribution in [0.2, 0.25) is 0 Å². The van der Waals surface area contributed by atoms with Crippen LogP contribution in [0.3, 0.4) is 0 Å². The molecule has 0 bridgehead atoms. The standard InChI is InChI=1S/C28H36N2O5/c1-6-8-17-35-22-14-13-21(18-23(22)34-7-2)25-24(26(31)20-11-9-19(3)10-12-20)27(32)28(33)30(25)16-15-29(4)5/h9-14,18,25,31H,6-8,15-17H2,1-5H3/b26-24+. The van der Waals surface area contributed by atoms with Crippen molar-refractivity contribution in [1.82, 2.24) is 9.80 Å². The van der Waals surface area contributed by atoms with E-state index in [4.69, 9.17) is 9.47 Å². The molecule has 2 aromatic carbocycles. The molecule has 2 aromatic rings. The van der Waals surface area contributed by atoms with Gasteiger partial charge in [0.05, 0.1) is 24.8 Å². The molecule has 1 amide bonds. The number of nitrogens with zero attached hydrogens (tertiary/aromatic N) is 2. The third-order valence-electron chi connectivity index (χ3n) is 5.99. The van der Waals surface area contributed by atoms with E-state index in [2.05, 4.69) is 6.92 Å². The fraction of sp³-hybridized carbons (Fsp3) is 0.429. The molecule has 1 atom stereocenters. The van der Waals surface area contributed by atoms with Crippen LogP contribution < -0.4 is 9.47 Å². The number of ether oxygens (including phenoxy) is 2. The summed E-state index contributed by atoms with van der Waals surface area (Å²) in [5.74, 6) is -0.316. The topological polar surface area (TPSA) is 79.3 Å². The van der Waals surface area contributed by atoms with Crippen molar-refractivity contribution in [2.45, 2.75) is 39.7 Å². The molecule has 7 heteroatoms. The Hall–Kier alpha value is -3.32. The molecular formula is C28H36N2O5. The van der Waals surface area contributed by atoms with Crippen LogP contribution in [0.5, 0.6) is 11.5 Å². The Morgan fingerprint density at radius 3 is 2.37 bits per heavy atom. The number of hydrogen-bond acceptors (Lipinski definition) is 6. The summed E-state index contributed by atoms with van der Waals surface area (Å²) < 4.78 is 11.8. The van der Waals surface area contributed by atoms with Crippen LogP contribution in [-0.2, 0) is 9.59 Å². The van der Waals surface area contributed by atoms with E-state index >= 15 is 0 Å². The van der Waals surface area contributed by atoms with Gasteiger partial charge in [-0.05, 0) is 52.1 Å². The van der Waals surface area contributed by atoms with Gasteiger partial charge < -0.3 is 24.4 Å². The van der Waals surface area contributed by atoms with Crippen LogP contribution in [0.25, 0.3) is 5.76 Å². The molecule has 1 aliphatic heterocycles. The van der Waals surface area contributed by atoms with Gasteiger partial charge >= 0.3 is 0 Å². The van der Waals surface area contributed by atoms with Gasteiger partial charge in [0.2, 0.25) is 0 Å². The molecular weight excluding hydrogens is 444 g/mol. The first-order valence-corrected chi connectivity index (χ1v) is 12.2. The van der Waals surface area contributed by atoms with Crippen molar-refractivity contribution < 1.29 is 24.2 Å². The predicted molar refractivity (Wildman–Crippen MR) is 137 cm³/mol. The second-order valence-corrected chi connectivity index (χ2v) is 9.00. The minimum absolute atomic E-state index is 0.0831. The number of Topliss-reactive ketones (excluding diaryl/α,β-unsaturated/α-hetero) is 1. The van der Waals surface area contributed by atoms with E-state index in [0.717, 1.165) is 18.4 Å². The van der Waals surface area contributed by atoms with Gasteiger partial charge in [-0.1, -0.05) is 49.2 Å². The van der Waals surface area contributed by atoms with E-state index < -0.39 is 17.7 Å². The highest BCUT2D eigenvalue weighted by atomic mass is 16.5. The van der Waals surface area contributed by atoms with Crippen molar-refractivity contribution in [2.24, 2.45) is 0 Å². The van der Waals surface area contributed by atoms with Gasteiger partial charge in [0.1, 0.15) is 5.76 Å². The highest BCUT2D eigenvalue weighted by molar-refractivity contribution is 6.46. The molecule has 1 heterocycles. The zero-order chi connectivity index (χ0) is 25.5. The van der Waals surface area contributed by atoms with Crippen molar-refractivity contribution in [3.05, 3.63) is 64.7 Å². The molecule has 1 aliphatic rings. The molecule has 0 radical (unpaired) electrons. The van der Waals surface area contributed by atoms with Crippen molar-refractivity contribution in [3.8, 4) is 11.5 Å². The number of rotatable bonds is 11. The average molecular weight is 481 g/mol. The number of aryl methyl sites for hydroxylation is 1. The Morgan fingerprint density at radius 2 is 1.74 bits per heavy atom. The smallest absolute Gasteiger partial charge is 0.295 e. The SMILES string of the molecule is CCCCOc1ccc(C2/C(=C(\O)c3ccc(C)cc3)C(=O)C(=O)N2CCN(C)C)cc1OCC. The second-order valence-electron chi connectivity index (χ2n) is 9.00. The molecule has 35 heavy (non-hydrogen) atoms. The molecule has 1 unspecified atom stereocenters. The predicted octanol–water partition coefficient (Wildman–Crippen LogP) is 4.56. The lowest BCUT2D eigenvalue weighted by Crippen LogP contribution is -2.35. The summed E-state index contributed by atoms with van der Waals surface area (Å²) in [5, 5.41) is 11.2. The van der Waals surface area contributed by atoms with Gasteiger partial charge in [-0.15, -0.1) is 0 Å². The fourth-order valence-corrected chi connectivity index (χ4v) is 4.04. The summed E-state index contributed by atoms with van der Waals surface area (Å²) in [6.45, 7) is 7.87. The molecule has 1 fully saturated rings. The number of amides is 1. The molecule has 0 aromatic heterocycles. The summed E-state index contributed by atoms with van der Waals surface area (Å²) >= 11 is 0. The number of carbonyl (C=O) groups excluding carboxylic acids is 2. The third-order valence-corrected chi connectivity index (χ3v) is 5.99. The normalized spacial score (nSPS) is 17.3. The number of aliphatic hydroxyl groups excluding tert-OH is 1. The first-order valence-electron chi connectivity index (χ1n) is 12.2. The number of aliphatic hydroxyl groups is 1. The summed E-state index contributed by atoms with van der Waals surface area (Å²) in [6.07, 6.45) is 1.94. The minimum atomic E-state index is -0.736. The maximum absolute atomic E-state index is 13.2. The molecule has 0 saturated carbocycles. The van der Waals surface area contributed by atoms with Gasteiger partial charge in [-0.2, -0.15) is 0 Å². The largest absolute Gasteiger partial charge is 0.507 e. The van der Waals surface area contributed by atoms with Crippen LogP contribution in [0, 0.1) is 6.92 Å².